The summed E-state index contributed by atoms with van der Waals surface area (Å²) in [4.78, 5) is 0.289. The van der Waals surface area contributed by atoms with E-state index in [1.165, 1.54) is 0 Å². The van der Waals surface area contributed by atoms with E-state index in [2.05, 4.69) is 37.7 Å². The van der Waals surface area contributed by atoms with Gasteiger partial charge in [0.05, 0.1) is 12.0 Å². The largest absolute Gasteiger partial charge is 0.496 e. The van der Waals surface area contributed by atoms with Gasteiger partial charge in [-0.25, -0.2) is 13.1 Å². The number of hydrogen-bond acceptors (Lipinski definition) is 4. The zero-order valence-electron chi connectivity index (χ0n) is 17.4. The van der Waals surface area contributed by atoms with E-state index in [0.29, 0.717) is 5.75 Å². The fourth-order valence-corrected chi connectivity index (χ4v) is 5.40. The molecule has 0 aliphatic carbocycles. The van der Waals surface area contributed by atoms with Crippen LogP contribution in [0.15, 0.2) is 23.1 Å². The van der Waals surface area contributed by atoms with Crippen LogP contribution in [0.2, 0.25) is 0 Å². The second-order valence-electron chi connectivity index (χ2n) is 9.73. The van der Waals surface area contributed by atoms with E-state index < -0.39 is 10.0 Å². The topological polar surface area (TPSA) is 67.4 Å². The molecule has 0 radical (unpaired) electrons. The van der Waals surface area contributed by atoms with Gasteiger partial charge >= 0.3 is 0 Å². The van der Waals surface area contributed by atoms with Gasteiger partial charge in [-0.05, 0) is 64.2 Å². The molecule has 1 aliphatic heterocycles. The van der Waals surface area contributed by atoms with Crippen LogP contribution in [0.5, 0.6) is 5.75 Å². The lowest BCUT2D eigenvalue weighted by atomic mass is 9.80. The molecule has 1 aromatic carbocycles. The van der Waals surface area contributed by atoms with Crippen LogP contribution in [-0.4, -0.2) is 32.6 Å². The standard InChI is InChI=1S/C20H34N2O3S/c1-18(2,3)16-11-15(9-10-17(16)25-8)26(23,24)21-14-12-19(4,5)22-20(6,7)13-14/h9-11,14,21-22H,12-13H2,1-8H3. The Morgan fingerprint density at radius 3 is 2.12 bits per heavy atom. The van der Waals surface area contributed by atoms with Crippen molar-refractivity contribution in [3.05, 3.63) is 23.8 Å². The lowest BCUT2D eigenvalue weighted by molar-refractivity contribution is 0.157. The van der Waals surface area contributed by atoms with Crippen LogP contribution < -0.4 is 14.8 Å². The number of hydrogen-bond donors (Lipinski definition) is 2. The first-order valence-electron chi connectivity index (χ1n) is 9.15. The molecule has 1 aromatic rings. The van der Waals surface area contributed by atoms with Crippen LogP contribution in [0.4, 0.5) is 0 Å². The normalized spacial score (nSPS) is 20.8. The van der Waals surface area contributed by atoms with Crippen molar-refractivity contribution in [1.29, 1.82) is 0 Å². The third-order valence-electron chi connectivity index (χ3n) is 4.80. The van der Waals surface area contributed by atoms with Gasteiger partial charge in [0.15, 0.2) is 0 Å². The first-order valence-corrected chi connectivity index (χ1v) is 10.6. The molecule has 5 nitrogen and oxygen atoms in total. The minimum atomic E-state index is -3.60. The molecule has 1 heterocycles. The minimum absolute atomic E-state index is 0.105. The van der Waals surface area contributed by atoms with Crippen LogP contribution >= 0.6 is 0 Å². The monoisotopic (exact) mass is 382 g/mol. The Hall–Kier alpha value is -1.11. The van der Waals surface area contributed by atoms with E-state index in [9.17, 15) is 8.42 Å². The molecule has 0 aromatic heterocycles. The molecule has 2 rings (SSSR count). The zero-order valence-corrected chi connectivity index (χ0v) is 18.2. The van der Waals surface area contributed by atoms with Gasteiger partial charge in [-0.2, -0.15) is 0 Å². The number of methoxy groups -OCH3 is 1. The first kappa shape index (κ1) is 21.2. The predicted octanol–water partition coefficient (Wildman–Crippen LogP) is 3.58. The molecule has 1 saturated heterocycles. The summed E-state index contributed by atoms with van der Waals surface area (Å²) >= 11 is 0. The highest BCUT2D eigenvalue weighted by atomic mass is 32.2. The summed E-state index contributed by atoms with van der Waals surface area (Å²) in [5, 5.41) is 3.58. The molecule has 0 saturated carbocycles. The predicted molar refractivity (Wildman–Crippen MR) is 106 cm³/mol. The number of piperidine rings is 1. The van der Waals surface area contributed by atoms with E-state index in [0.717, 1.165) is 18.4 Å². The molecule has 0 bridgehead atoms. The second kappa shape index (κ2) is 6.80. The number of rotatable bonds is 4. The Balaban J connectivity index is 2.33. The molecule has 26 heavy (non-hydrogen) atoms. The van der Waals surface area contributed by atoms with Crippen LogP contribution in [-0.2, 0) is 15.4 Å². The number of benzene rings is 1. The minimum Gasteiger partial charge on any atom is -0.496 e. The van der Waals surface area contributed by atoms with Crippen molar-refractivity contribution in [2.45, 2.75) is 88.7 Å². The average Bonchev–Trinajstić information content (AvgIpc) is 2.41. The third-order valence-corrected chi connectivity index (χ3v) is 6.32. The van der Waals surface area contributed by atoms with Crippen molar-refractivity contribution >= 4 is 10.0 Å². The number of sulfonamides is 1. The first-order chi connectivity index (χ1) is 11.7. The maximum Gasteiger partial charge on any atom is 0.240 e. The van der Waals surface area contributed by atoms with Gasteiger partial charge in [0.2, 0.25) is 10.0 Å². The lowest BCUT2D eigenvalue weighted by Gasteiger charge is -2.46. The molecule has 1 aliphatic rings. The maximum atomic E-state index is 13.0. The lowest BCUT2D eigenvalue weighted by Crippen LogP contribution is -2.62. The molecular formula is C20H34N2O3S. The Morgan fingerprint density at radius 2 is 1.65 bits per heavy atom. The molecule has 6 heteroatoms. The molecule has 0 atom stereocenters. The molecular weight excluding hydrogens is 348 g/mol. The average molecular weight is 383 g/mol. The van der Waals surface area contributed by atoms with Crippen molar-refractivity contribution in [1.82, 2.24) is 10.0 Å². The highest BCUT2D eigenvalue weighted by Crippen LogP contribution is 2.34. The van der Waals surface area contributed by atoms with E-state index in [1.807, 2.05) is 20.8 Å². The van der Waals surface area contributed by atoms with Crippen molar-refractivity contribution in [2.75, 3.05) is 7.11 Å². The number of ether oxygens (including phenoxy) is 1. The van der Waals surface area contributed by atoms with Crippen molar-refractivity contribution in [3.63, 3.8) is 0 Å². The van der Waals surface area contributed by atoms with Crippen LogP contribution in [0.3, 0.4) is 0 Å². The van der Waals surface area contributed by atoms with Crippen LogP contribution in [0.1, 0.15) is 66.9 Å². The van der Waals surface area contributed by atoms with Crippen LogP contribution in [0.25, 0.3) is 0 Å². The fourth-order valence-electron chi connectivity index (χ4n) is 4.13. The molecule has 1 fully saturated rings. The summed E-state index contributed by atoms with van der Waals surface area (Å²) < 4.78 is 34.4. The van der Waals surface area contributed by atoms with Gasteiger partial charge in [-0.15, -0.1) is 0 Å². The molecule has 0 amide bonds. The van der Waals surface area contributed by atoms with Crippen molar-refractivity contribution < 1.29 is 13.2 Å². The summed E-state index contributed by atoms with van der Waals surface area (Å²) in [7, 11) is -1.99. The van der Waals surface area contributed by atoms with E-state index in [-0.39, 0.29) is 27.4 Å². The van der Waals surface area contributed by atoms with Crippen LogP contribution in [0, 0.1) is 0 Å². The second-order valence-corrected chi connectivity index (χ2v) is 11.4. The highest BCUT2D eigenvalue weighted by molar-refractivity contribution is 7.89. The van der Waals surface area contributed by atoms with Gasteiger partial charge in [0.1, 0.15) is 5.75 Å². The van der Waals surface area contributed by atoms with Gasteiger partial charge in [-0.1, -0.05) is 20.8 Å². The summed E-state index contributed by atoms with van der Waals surface area (Å²) in [6, 6.07) is 4.99. The highest BCUT2D eigenvalue weighted by Gasteiger charge is 2.39. The van der Waals surface area contributed by atoms with Gasteiger partial charge in [-0.3, -0.25) is 0 Å². The zero-order chi connectivity index (χ0) is 20.0. The van der Waals surface area contributed by atoms with Crippen molar-refractivity contribution in [3.8, 4) is 5.75 Å². The quantitative estimate of drug-likeness (QED) is 0.835. The molecule has 0 unspecified atom stereocenters. The fraction of sp³-hybridized carbons (Fsp3) is 0.700. The Bertz CT molecular complexity index is 746. The summed E-state index contributed by atoms with van der Waals surface area (Å²) in [5.41, 5.74) is 0.431. The molecule has 2 N–H and O–H groups in total. The van der Waals surface area contributed by atoms with Gasteiger partial charge < -0.3 is 10.1 Å². The smallest absolute Gasteiger partial charge is 0.240 e. The molecule has 0 spiro atoms. The van der Waals surface area contributed by atoms with E-state index >= 15 is 0 Å². The summed E-state index contributed by atoms with van der Waals surface area (Å²) in [5.74, 6) is 0.709. The third kappa shape index (κ3) is 4.99. The Labute approximate surface area is 159 Å². The molecule has 148 valence electrons. The van der Waals surface area contributed by atoms with Gasteiger partial charge in [0.25, 0.3) is 0 Å². The SMILES string of the molecule is COc1ccc(S(=O)(=O)NC2CC(C)(C)NC(C)(C)C2)cc1C(C)(C)C. The Kier molecular flexibility index (Phi) is 5.55. The van der Waals surface area contributed by atoms with E-state index in [4.69, 9.17) is 4.74 Å². The summed E-state index contributed by atoms with van der Waals surface area (Å²) in [6.07, 6.45) is 1.50. The summed E-state index contributed by atoms with van der Waals surface area (Å²) in [6.45, 7) is 14.6. The number of nitrogens with one attached hydrogen (secondary N) is 2. The van der Waals surface area contributed by atoms with Gasteiger partial charge in [0, 0.05) is 22.7 Å². The van der Waals surface area contributed by atoms with Crippen molar-refractivity contribution in [2.24, 2.45) is 0 Å². The van der Waals surface area contributed by atoms with E-state index in [1.54, 1.807) is 25.3 Å². The maximum absolute atomic E-state index is 13.0. The Morgan fingerprint density at radius 1 is 1.12 bits per heavy atom.